The molecule has 1 aromatic heterocycles. The van der Waals surface area contributed by atoms with Gasteiger partial charge in [-0.15, -0.1) is 5.10 Å². The first-order valence-electron chi connectivity index (χ1n) is 9.42. The Balaban J connectivity index is 1.42. The Morgan fingerprint density at radius 1 is 1.26 bits per heavy atom. The number of fused-ring (bicyclic) bond motifs is 1. The summed E-state index contributed by atoms with van der Waals surface area (Å²) < 4.78 is 13.4. The van der Waals surface area contributed by atoms with Crippen LogP contribution < -0.4 is 0 Å². The highest BCUT2D eigenvalue weighted by atomic mass is 16.5. The van der Waals surface area contributed by atoms with Crippen LogP contribution in [0.1, 0.15) is 45.7 Å². The van der Waals surface area contributed by atoms with Crippen molar-refractivity contribution >= 4 is 5.91 Å². The highest BCUT2D eigenvalue weighted by molar-refractivity contribution is 5.94. The van der Waals surface area contributed by atoms with Crippen molar-refractivity contribution in [2.24, 2.45) is 0 Å². The van der Waals surface area contributed by atoms with Gasteiger partial charge in [-0.3, -0.25) is 4.79 Å². The summed E-state index contributed by atoms with van der Waals surface area (Å²) in [5, 5.41) is 8.48. The molecule has 0 bridgehead atoms. The van der Waals surface area contributed by atoms with Crippen LogP contribution in [0.25, 0.3) is 0 Å². The molecule has 1 spiro atoms. The van der Waals surface area contributed by atoms with Crippen molar-refractivity contribution in [1.29, 1.82) is 0 Å². The molecule has 0 unspecified atom stereocenters. The molecule has 2 aliphatic heterocycles. The van der Waals surface area contributed by atoms with Gasteiger partial charge in [-0.1, -0.05) is 11.3 Å². The monoisotopic (exact) mass is 370 g/mol. The maximum Gasteiger partial charge on any atom is 0.253 e. The van der Waals surface area contributed by atoms with Crippen LogP contribution in [0.2, 0.25) is 0 Å². The van der Waals surface area contributed by atoms with E-state index in [9.17, 15) is 4.79 Å². The average Bonchev–Trinajstić information content (AvgIpc) is 3.06. The maximum atomic E-state index is 12.9. The molecule has 0 N–H and O–H groups in total. The Morgan fingerprint density at radius 3 is 2.74 bits per heavy atom. The second kappa shape index (κ2) is 7.05. The van der Waals surface area contributed by atoms with E-state index in [1.54, 1.807) is 7.11 Å². The molecule has 27 heavy (non-hydrogen) atoms. The van der Waals surface area contributed by atoms with Gasteiger partial charge in [-0.2, -0.15) is 0 Å². The Hall–Kier alpha value is -2.25. The summed E-state index contributed by atoms with van der Waals surface area (Å²) in [6, 6.07) is 5.92. The van der Waals surface area contributed by atoms with E-state index < -0.39 is 0 Å². The minimum absolute atomic E-state index is 0.104. The molecular weight excluding hydrogens is 344 g/mol. The average molecular weight is 370 g/mol. The van der Waals surface area contributed by atoms with E-state index in [0.717, 1.165) is 35.4 Å². The van der Waals surface area contributed by atoms with E-state index >= 15 is 0 Å². The number of benzene rings is 1. The van der Waals surface area contributed by atoms with Gasteiger partial charge in [0.2, 0.25) is 0 Å². The third-order valence-electron chi connectivity index (χ3n) is 5.87. The lowest BCUT2D eigenvalue weighted by molar-refractivity contribution is -0.120. The van der Waals surface area contributed by atoms with Crippen molar-refractivity contribution in [2.45, 2.75) is 52.0 Å². The fraction of sp³-hybridized carbons (Fsp3) is 0.550. The minimum atomic E-state index is -0.259. The molecule has 1 amide bonds. The zero-order valence-electron chi connectivity index (χ0n) is 16.2. The van der Waals surface area contributed by atoms with Crippen LogP contribution in [-0.4, -0.2) is 51.6 Å². The van der Waals surface area contributed by atoms with Crippen LogP contribution in [0, 0.1) is 13.8 Å². The number of amides is 1. The Kier molecular flexibility index (Phi) is 4.74. The van der Waals surface area contributed by atoms with Crippen molar-refractivity contribution < 1.29 is 14.3 Å². The number of methoxy groups -OCH3 is 1. The quantitative estimate of drug-likeness (QED) is 0.829. The predicted molar refractivity (Wildman–Crippen MR) is 99.3 cm³/mol. The number of likely N-dealkylation sites (tertiary alicyclic amines) is 1. The van der Waals surface area contributed by atoms with Crippen molar-refractivity contribution in [1.82, 2.24) is 19.9 Å². The molecule has 4 rings (SSSR count). The Bertz CT molecular complexity index is 853. The molecule has 7 nitrogen and oxygen atoms in total. The van der Waals surface area contributed by atoms with Gasteiger partial charge in [0.15, 0.2) is 0 Å². The number of piperidine rings is 1. The molecule has 144 valence electrons. The first-order chi connectivity index (χ1) is 13.0. The zero-order valence-corrected chi connectivity index (χ0v) is 16.2. The standard InChI is InChI=1S/C20H26N4O3/c1-14-4-5-16(10-15(14)2)19(25)23-8-6-20(7-9-23)13-24-18(12-27-20)17(11-26-3)21-22-24/h4-5,10H,6-9,11-13H2,1-3H3. The van der Waals surface area contributed by atoms with Crippen LogP contribution >= 0.6 is 0 Å². The topological polar surface area (TPSA) is 69.5 Å². The molecule has 1 aromatic carbocycles. The van der Waals surface area contributed by atoms with Gasteiger partial charge < -0.3 is 14.4 Å². The molecule has 3 heterocycles. The van der Waals surface area contributed by atoms with E-state index in [0.29, 0.717) is 32.8 Å². The number of nitrogens with zero attached hydrogens (tertiary/aromatic N) is 4. The summed E-state index contributed by atoms with van der Waals surface area (Å²) in [4.78, 5) is 14.8. The third-order valence-corrected chi connectivity index (χ3v) is 5.87. The smallest absolute Gasteiger partial charge is 0.253 e. The highest BCUT2D eigenvalue weighted by Gasteiger charge is 2.41. The van der Waals surface area contributed by atoms with Crippen LogP contribution in [0.5, 0.6) is 0 Å². The maximum absolute atomic E-state index is 12.9. The van der Waals surface area contributed by atoms with Crippen molar-refractivity contribution in [2.75, 3.05) is 20.2 Å². The van der Waals surface area contributed by atoms with E-state index in [1.165, 1.54) is 5.56 Å². The fourth-order valence-electron chi connectivity index (χ4n) is 3.92. The molecule has 1 saturated heterocycles. The highest BCUT2D eigenvalue weighted by Crippen LogP contribution is 2.34. The van der Waals surface area contributed by atoms with Gasteiger partial charge in [-0.05, 0) is 49.9 Å². The summed E-state index contributed by atoms with van der Waals surface area (Å²) in [5.74, 6) is 0.104. The largest absolute Gasteiger partial charge is 0.378 e. The number of carbonyl (C=O) groups excluding carboxylic acids is 1. The second-order valence-electron chi connectivity index (χ2n) is 7.64. The summed E-state index contributed by atoms with van der Waals surface area (Å²) in [7, 11) is 1.65. The summed E-state index contributed by atoms with van der Waals surface area (Å²) >= 11 is 0. The normalized spacial score (nSPS) is 18.6. The number of rotatable bonds is 3. The van der Waals surface area contributed by atoms with Gasteiger partial charge in [-0.25, -0.2) is 4.68 Å². The van der Waals surface area contributed by atoms with Crippen LogP contribution in [0.4, 0.5) is 0 Å². The van der Waals surface area contributed by atoms with Gasteiger partial charge in [0, 0.05) is 25.8 Å². The van der Waals surface area contributed by atoms with Crippen LogP contribution in [-0.2, 0) is 29.2 Å². The molecule has 2 aromatic rings. The number of ether oxygens (including phenoxy) is 2. The fourth-order valence-corrected chi connectivity index (χ4v) is 3.92. The van der Waals surface area contributed by atoms with Gasteiger partial charge in [0.05, 0.1) is 31.1 Å². The zero-order chi connectivity index (χ0) is 19.0. The first-order valence-corrected chi connectivity index (χ1v) is 9.42. The molecule has 0 aliphatic carbocycles. The molecule has 0 saturated carbocycles. The molecule has 7 heteroatoms. The van der Waals surface area contributed by atoms with Gasteiger partial charge in [0.1, 0.15) is 5.69 Å². The lowest BCUT2D eigenvalue weighted by Gasteiger charge is -2.43. The molecule has 2 aliphatic rings. The Labute approximate surface area is 159 Å². The first kappa shape index (κ1) is 18.1. The number of aryl methyl sites for hydroxylation is 2. The van der Waals surface area contributed by atoms with Crippen LogP contribution in [0.3, 0.4) is 0 Å². The van der Waals surface area contributed by atoms with Crippen LogP contribution in [0.15, 0.2) is 18.2 Å². The van der Waals surface area contributed by atoms with Crippen molar-refractivity contribution in [3.63, 3.8) is 0 Å². The van der Waals surface area contributed by atoms with E-state index in [-0.39, 0.29) is 11.5 Å². The van der Waals surface area contributed by atoms with E-state index in [1.807, 2.05) is 34.7 Å². The molecular formula is C20H26N4O3. The summed E-state index contributed by atoms with van der Waals surface area (Å²) in [6.45, 7) is 7.12. The Morgan fingerprint density at radius 2 is 2.04 bits per heavy atom. The number of hydrogen-bond donors (Lipinski definition) is 0. The summed E-state index contributed by atoms with van der Waals surface area (Å²) in [6.07, 6.45) is 1.62. The van der Waals surface area contributed by atoms with Crippen molar-refractivity contribution in [3.8, 4) is 0 Å². The number of carbonyl (C=O) groups is 1. The molecule has 0 atom stereocenters. The lowest BCUT2D eigenvalue weighted by atomic mass is 9.89. The lowest BCUT2D eigenvalue weighted by Crippen LogP contribution is -2.52. The third kappa shape index (κ3) is 3.37. The predicted octanol–water partition coefficient (Wildman–Crippen LogP) is 2.25. The van der Waals surface area contributed by atoms with Gasteiger partial charge in [0.25, 0.3) is 5.91 Å². The summed E-state index contributed by atoms with van der Waals surface area (Å²) in [5.41, 5.74) is 4.70. The van der Waals surface area contributed by atoms with E-state index in [2.05, 4.69) is 17.2 Å². The second-order valence-corrected chi connectivity index (χ2v) is 7.64. The molecule has 1 fully saturated rings. The number of hydrogen-bond acceptors (Lipinski definition) is 5. The number of aromatic nitrogens is 3. The minimum Gasteiger partial charge on any atom is -0.378 e. The van der Waals surface area contributed by atoms with Gasteiger partial charge >= 0.3 is 0 Å². The van der Waals surface area contributed by atoms with Crippen molar-refractivity contribution in [3.05, 3.63) is 46.3 Å². The van der Waals surface area contributed by atoms with E-state index in [4.69, 9.17) is 9.47 Å². The molecule has 0 radical (unpaired) electrons. The SMILES string of the molecule is COCc1nnn2c1COC1(CCN(C(=O)c3ccc(C)c(C)c3)CC1)C2.